The Morgan fingerprint density at radius 3 is 1.86 bits per heavy atom. The predicted octanol–water partition coefficient (Wildman–Crippen LogP) is 13.8. The molecule has 0 saturated carbocycles. The van der Waals surface area contributed by atoms with Crippen LogP contribution in [0.1, 0.15) is 12.3 Å². The van der Waals surface area contributed by atoms with Crippen molar-refractivity contribution in [1.82, 2.24) is 19.5 Å². The van der Waals surface area contributed by atoms with Crippen LogP contribution in [0.15, 0.2) is 198 Å². The molecule has 5 nitrogen and oxygen atoms in total. The van der Waals surface area contributed by atoms with Gasteiger partial charge in [-0.15, -0.1) is 0 Å². The number of fused-ring (bicyclic) bond motifs is 9. The quantitative estimate of drug-likeness (QED) is 0.176. The van der Waals surface area contributed by atoms with E-state index in [1.165, 1.54) is 5.39 Å². The summed E-state index contributed by atoms with van der Waals surface area (Å²) < 4.78 is 88.4. The van der Waals surface area contributed by atoms with E-state index in [1.807, 2.05) is 89.5 Å². The summed E-state index contributed by atoms with van der Waals surface area (Å²) in [6.07, 6.45) is 0. The van der Waals surface area contributed by atoms with Gasteiger partial charge in [-0.2, -0.15) is 9.97 Å². The predicted molar refractivity (Wildman–Crippen MR) is 238 cm³/mol. The minimum Gasteiger partial charge on any atom is -0.455 e. The highest BCUT2D eigenvalue weighted by atomic mass is 16.3. The average molecular weight is 750 g/mol. The highest BCUT2D eigenvalue weighted by molar-refractivity contribution is 6.20. The fourth-order valence-electron chi connectivity index (χ4n) is 8.07. The zero-order chi connectivity index (χ0) is 46.0. The summed E-state index contributed by atoms with van der Waals surface area (Å²) in [6.45, 7) is 0. The molecule has 58 heavy (non-hydrogen) atoms. The monoisotopic (exact) mass is 749 g/mol. The molecule has 0 atom stereocenters. The molecule has 12 aromatic rings. The molecule has 0 N–H and O–H groups in total. The molecule has 0 spiro atoms. The Bertz CT molecular complexity index is 4060. The van der Waals surface area contributed by atoms with E-state index >= 15 is 0 Å². The number of rotatable bonds is 5. The van der Waals surface area contributed by atoms with Gasteiger partial charge in [-0.05, 0) is 74.8 Å². The molecule has 0 saturated heterocycles. The zero-order valence-electron chi connectivity index (χ0n) is 39.5. The van der Waals surface area contributed by atoms with Crippen LogP contribution >= 0.6 is 0 Å². The molecule has 3 aromatic heterocycles. The average Bonchev–Trinajstić information content (AvgIpc) is 3.92. The molecular formula is C53H32N4O. The third-order valence-corrected chi connectivity index (χ3v) is 10.8. The van der Waals surface area contributed by atoms with Crippen LogP contribution in [0.4, 0.5) is 0 Å². The van der Waals surface area contributed by atoms with Crippen molar-refractivity contribution in [2.24, 2.45) is 0 Å². The molecule has 0 aliphatic heterocycles. The van der Waals surface area contributed by atoms with E-state index in [1.54, 1.807) is 0 Å². The third-order valence-electron chi connectivity index (χ3n) is 10.8. The standard InChI is InChI=1S/C53H32N4O/c1-2-13-36-30-38(29-28-33(36)12-1)35-26-24-34(25-27-35)37-15-11-16-40(31-37)51-54-52(56-53(55-51)57-46-21-8-5-18-42(46)43-19-6-9-22-47(43)57)45-32-39-14-3-4-17-41(39)50-49(45)44-20-7-10-23-48(44)58-50/h1-32H/i3D,4D,7D,10D,14D,17D,20D,23D,32D. The van der Waals surface area contributed by atoms with Crippen LogP contribution < -0.4 is 0 Å². The number of benzene rings is 9. The van der Waals surface area contributed by atoms with Gasteiger partial charge >= 0.3 is 0 Å². The molecule has 0 radical (unpaired) electrons. The van der Waals surface area contributed by atoms with Gasteiger partial charge in [0.15, 0.2) is 11.6 Å². The molecule has 5 heteroatoms. The van der Waals surface area contributed by atoms with Crippen LogP contribution in [0, 0.1) is 0 Å². The molecule has 0 fully saturated rings. The molecule has 3 heterocycles. The van der Waals surface area contributed by atoms with Crippen LogP contribution in [0.2, 0.25) is 0 Å². The summed E-state index contributed by atoms with van der Waals surface area (Å²) in [5, 5.41) is 3.83. The van der Waals surface area contributed by atoms with Crippen molar-refractivity contribution in [3.05, 3.63) is 194 Å². The molecule has 12 rings (SSSR count). The van der Waals surface area contributed by atoms with Gasteiger partial charge in [-0.3, -0.25) is 4.57 Å². The van der Waals surface area contributed by atoms with Gasteiger partial charge in [0, 0.05) is 38.1 Å². The van der Waals surface area contributed by atoms with Crippen LogP contribution in [0.3, 0.4) is 0 Å². The molecule has 0 unspecified atom stereocenters. The maximum absolute atomic E-state index is 9.86. The second-order valence-electron chi connectivity index (χ2n) is 14.1. The summed E-state index contributed by atoms with van der Waals surface area (Å²) in [6, 6.07) is 41.9. The summed E-state index contributed by atoms with van der Waals surface area (Å²) in [4.78, 5) is 15.3. The summed E-state index contributed by atoms with van der Waals surface area (Å²) in [5.41, 5.74) is 5.74. The first-order valence-electron chi connectivity index (χ1n) is 23.3. The Labute approximate surface area is 345 Å². The van der Waals surface area contributed by atoms with Crippen molar-refractivity contribution in [2.75, 3.05) is 0 Å². The number of hydrogen-bond donors (Lipinski definition) is 0. The van der Waals surface area contributed by atoms with E-state index in [2.05, 4.69) is 54.6 Å². The van der Waals surface area contributed by atoms with Gasteiger partial charge in [0.05, 0.1) is 23.4 Å². The highest BCUT2D eigenvalue weighted by Gasteiger charge is 2.22. The molecule has 0 amide bonds. The number of aromatic nitrogens is 4. The van der Waals surface area contributed by atoms with Crippen molar-refractivity contribution in [1.29, 1.82) is 0 Å². The van der Waals surface area contributed by atoms with Crippen molar-refractivity contribution in [3.63, 3.8) is 0 Å². The van der Waals surface area contributed by atoms with Gasteiger partial charge in [0.25, 0.3) is 0 Å². The lowest BCUT2D eigenvalue weighted by atomic mass is 9.97. The lowest BCUT2D eigenvalue weighted by molar-refractivity contribution is 0.672. The van der Waals surface area contributed by atoms with Gasteiger partial charge < -0.3 is 4.42 Å². The van der Waals surface area contributed by atoms with Crippen molar-refractivity contribution in [3.8, 4) is 51.0 Å². The lowest BCUT2D eigenvalue weighted by Gasteiger charge is -2.13. The Balaban J connectivity index is 1.14. The molecule has 270 valence electrons. The minimum atomic E-state index is -0.568. The van der Waals surface area contributed by atoms with Crippen LogP contribution in [0.25, 0.3) is 116 Å². The molecule has 0 aliphatic carbocycles. The Morgan fingerprint density at radius 2 is 1.07 bits per heavy atom. The second kappa shape index (κ2) is 12.8. The van der Waals surface area contributed by atoms with Gasteiger partial charge in [0.1, 0.15) is 11.2 Å². The Kier molecular flexibility index (Phi) is 5.44. The van der Waals surface area contributed by atoms with Crippen molar-refractivity contribution in [2.45, 2.75) is 0 Å². The SMILES string of the molecule is [2H]c1c([2H])c([2H])c2c(oc3c4c([2H])c([2H])c([2H])c([2H])c4c([2H])c(-c4nc(-c5cccc(-c6ccc(-c7ccc8ccccc8c7)cc6)c5)nc(-n5c6ccccc6c6ccccc65)n4)c32)c1[2H]. The van der Waals surface area contributed by atoms with E-state index in [-0.39, 0.29) is 61.9 Å². The van der Waals surface area contributed by atoms with Crippen LogP contribution in [0.5, 0.6) is 0 Å². The first-order chi connectivity index (χ1) is 32.5. The molecule has 0 aliphatic rings. The maximum atomic E-state index is 9.86. The van der Waals surface area contributed by atoms with Crippen molar-refractivity contribution >= 4 is 65.3 Å². The second-order valence-corrected chi connectivity index (χ2v) is 14.1. The molecular weight excluding hydrogens is 709 g/mol. The fourth-order valence-corrected chi connectivity index (χ4v) is 8.07. The number of hydrogen-bond acceptors (Lipinski definition) is 4. The lowest BCUT2D eigenvalue weighted by Crippen LogP contribution is -2.06. The van der Waals surface area contributed by atoms with E-state index < -0.39 is 48.3 Å². The van der Waals surface area contributed by atoms with E-state index in [9.17, 15) is 1.37 Å². The molecule has 0 bridgehead atoms. The minimum absolute atomic E-state index is 0.00936. The molecule has 9 aromatic carbocycles. The van der Waals surface area contributed by atoms with Gasteiger partial charge in [0.2, 0.25) is 5.95 Å². The fraction of sp³-hybridized carbons (Fsp3) is 0. The summed E-state index contributed by atoms with van der Waals surface area (Å²) in [5.74, 6) is 0.320. The number of para-hydroxylation sites is 3. The smallest absolute Gasteiger partial charge is 0.238 e. The van der Waals surface area contributed by atoms with Gasteiger partial charge in [-0.25, -0.2) is 4.98 Å². The summed E-state index contributed by atoms with van der Waals surface area (Å²) >= 11 is 0. The van der Waals surface area contributed by atoms with Crippen LogP contribution in [-0.4, -0.2) is 19.5 Å². The first kappa shape index (κ1) is 24.6. The maximum Gasteiger partial charge on any atom is 0.238 e. The zero-order valence-corrected chi connectivity index (χ0v) is 30.5. The first-order valence-corrected chi connectivity index (χ1v) is 18.8. The van der Waals surface area contributed by atoms with E-state index in [0.29, 0.717) is 5.56 Å². The Hall–Kier alpha value is -7.89. The normalized spacial score (nSPS) is 14.0. The topological polar surface area (TPSA) is 56.7 Å². The summed E-state index contributed by atoms with van der Waals surface area (Å²) in [7, 11) is 0. The third kappa shape index (κ3) is 5.14. The number of nitrogens with zero attached hydrogens (tertiary/aromatic N) is 4. The van der Waals surface area contributed by atoms with Gasteiger partial charge in [-0.1, -0.05) is 158 Å². The van der Waals surface area contributed by atoms with E-state index in [0.717, 1.165) is 49.4 Å². The van der Waals surface area contributed by atoms with Crippen molar-refractivity contribution < 1.29 is 16.8 Å². The van der Waals surface area contributed by atoms with E-state index in [4.69, 9.17) is 30.3 Å². The highest BCUT2D eigenvalue weighted by Crippen LogP contribution is 2.41. The Morgan fingerprint density at radius 1 is 0.448 bits per heavy atom. The van der Waals surface area contributed by atoms with Crippen LogP contribution in [-0.2, 0) is 0 Å². The largest absolute Gasteiger partial charge is 0.455 e. The number of furan rings is 1.